The highest BCUT2D eigenvalue weighted by molar-refractivity contribution is 5.22. The summed E-state index contributed by atoms with van der Waals surface area (Å²) in [5.74, 6) is -0.813. The van der Waals surface area contributed by atoms with Gasteiger partial charge in [-0.3, -0.25) is 0 Å². The van der Waals surface area contributed by atoms with Crippen LogP contribution in [0.3, 0.4) is 0 Å². The van der Waals surface area contributed by atoms with Crippen LogP contribution in [0.1, 0.15) is 31.4 Å². The normalized spacial score (nSPS) is 18.9. The summed E-state index contributed by atoms with van der Waals surface area (Å²) >= 11 is 0. The SMILES string of the molecule is CCN1CCC(CNCC(O)c2c(F)cccc2F)CC1. The van der Waals surface area contributed by atoms with Crippen molar-refractivity contribution in [2.24, 2.45) is 5.92 Å². The number of aliphatic hydroxyl groups is 1. The molecular weight excluding hydrogens is 274 g/mol. The molecule has 1 saturated heterocycles. The fourth-order valence-corrected chi connectivity index (χ4v) is 2.86. The predicted octanol–water partition coefficient (Wildman–Crippen LogP) is 2.32. The van der Waals surface area contributed by atoms with Crippen LogP contribution in [0.4, 0.5) is 8.78 Å². The van der Waals surface area contributed by atoms with Gasteiger partial charge in [0.15, 0.2) is 0 Å². The van der Waals surface area contributed by atoms with Crippen LogP contribution in [-0.4, -0.2) is 42.7 Å². The maximum absolute atomic E-state index is 13.5. The molecule has 5 heteroatoms. The van der Waals surface area contributed by atoms with Crippen molar-refractivity contribution in [3.8, 4) is 0 Å². The predicted molar refractivity (Wildman–Crippen MR) is 79.0 cm³/mol. The van der Waals surface area contributed by atoms with Gasteiger partial charge in [-0.15, -0.1) is 0 Å². The number of hydrogen-bond donors (Lipinski definition) is 2. The number of nitrogens with one attached hydrogen (secondary N) is 1. The van der Waals surface area contributed by atoms with Crippen molar-refractivity contribution in [2.75, 3.05) is 32.7 Å². The molecule has 21 heavy (non-hydrogen) atoms. The third-order valence-electron chi connectivity index (χ3n) is 4.26. The average Bonchev–Trinajstić information content (AvgIpc) is 2.48. The molecule has 0 radical (unpaired) electrons. The van der Waals surface area contributed by atoms with Gasteiger partial charge in [0.05, 0.1) is 11.7 Å². The van der Waals surface area contributed by atoms with Gasteiger partial charge in [0.2, 0.25) is 0 Å². The third kappa shape index (κ3) is 4.46. The Bertz CT molecular complexity index is 428. The summed E-state index contributed by atoms with van der Waals surface area (Å²) < 4.78 is 27.1. The molecule has 0 saturated carbocycles. The van der Waals surface area contributed by atoms with Crippen LogP contribution in [0.15, 0.2) is 18.2 Å². The number of halogens is 2. The highest BCUT2D eigenvalue weighted by Crippen LogP contribution is 2.20. The van der Waals surface area contributed by atoms with Gasteiger partial charge in [0.1, 0.15) is 11.6 Å². The van der Waals surface area contributed by atoms with Gasteiger partial charge in [-0.2, -0.15) is 0 Å². The molecule has 0 spiro atoms. The number of likely N-dealkylation sites (tertiary alicyclic amines) is 1. The van der Waals surface area contributed by atoms with Crippen molar-refractivity contribution in [2.45, 2.75) is 25.9 Å². The Kier molecular flexibility index (Phi) is 6.08. The lowest BCUT2D eigenvalue weighted by Crippen LogP contribution is -2.37. The molecule has 0 amide bonds. The van der Waals surface area contributed by atoms with Gasteiger partial charge in [0.25, 0.3) is 0 Å². The lowest BCUT2D eigenvalue weighted by Gasteiger charge is -2.31. The highest BCUT2D eigenvalue weighted by Gasteiger charge is 2.20. The molecule has 1 aromatic carbocycles. The van der Waals surface area contributed by atoms with Crippen LogP contribution in [0.2, 0.25) is 0 Å². The number of rotatable bonds is 6. The maximum atomic E-state index is 13.5. The minimum Gasteiger partial charge on any atom is -0.387 e. The zero-order chi connectivity index (χ0) is 15.2. The molecule has 2 N–H and O–H groups in total. The highest BCUT2D eigenvalue weighted by atomic mass is 19.1. The summed E-state index contributed by atoms with van der Waals surface area (Å²) in [6.07, 6.45) is 1.11. The number of benzene rings is 1. The van der Waals surface area contributed by atoms with E-state index >= 15 is 0 Å². The topological polar surface area (TPSA) is 35.5 Å². The summed E-state index contributed by atoms with van der Waals surface area (Å²) in [6.45, 7) is 6.42. The lowest BCUT2D eigenvalue weighted by atomic mass is 9.96. The van der Waals surface area contributed by atoms with E-state index in [-0.39, 0.29) is 12.1 Å². The van der Waals surface area contributed by atoms with E-state index in [0.717, 1.165) is 39.0 Å². The van der Waals surface area contributed by atoms with E-state index in [2.05, 4.69) is 17.1 Å². The number of hydrogen-bond acceptors (Lipinski definition) is 3. The molecule has 1 aliphatic rings. The zero-order valence-electron chi connectivity index (χ0n) is 12.5. The van der Waals surface area contributed by atoms with Gasteiger partial charge in [-0.25, -0.2) is 8.78 Å². The zero-order valence-corrected chi connectivity index (χ0v) is 12.5. The largest absolute Gasteiger partial charge is 0.387 e. The number of nitrogens with zero attached hydrogens (tertiary/aromatic N) is 1. The Labute approximate surface area is 125 Å². The van der Waals surface area contributed by atoms with Crippen molar-refractivity contribution < 1.29 is 13.9 Å². The third-order valence-corrected chi connectivity index (χ3v) is 4.26. The smallest absolute Gasteiger partial charge is 0.131 e. The molecule has 0 aromatic heterocycles. The van der Waals surface area contributed by atoms with E-state index in [0.29, 0.717) is 5.92 Å². The summed E-state index contributed by atoms with van der Waals surface area (Å²) in [6, 6.07) is 3.64. The van der Waals surface area contributed by atoms with Gasteiger partial charge < -0.3 is 15.3 Å². The second-order valence-electron chi connectivity index (χ2n) is 5.69. The monoisotopic (exact) mass is 298 g/mol. The Morgan fingerprint density at radius 2 is 1.90 bits per heavy atom. The van der Waals surface area contributed by atoms with E-state index in [9.17, 15) is 13.9 Å². The van der Waals surface area contributed by atoms with Crippen LogP contribution in [0.5, 0.6) is 0 Å². The quantitative estimate of drug-likeness (QED) is 0.846. The van der Waals surface area contributed by atoms with Crippen molar-refractivity contribution in [1.29, 1.82) is 0 Å². The molecule has 1 fully saturated rings. The first kappa shape index (κ1) is 16.3. The molecule has 1 unspecified atom stereocenters. The Morgan fingerprint density at radius 3 is 2.48 bits per heavy atom. The van der Waals surface area contributed by atoms with Gasteiger partial charge in [-0.1, -0.05) is 13.0 Å². The van der Waals surface area contributed by atoms with E-state index in [1.807, 2.05) is 0 Å². The Morgan fingerprint density at radius 1 is 1.29 bits per heavy atom. The van der Waals surface area contributed by atoms with E-state index in [1.165, 1.54) is 18.2 Å². The molecule has 2 rings (SSSR count). The molecule has 3 nitrogen and oxygen atoms in total. The van der Waals surface area contributed by atoms with Crippen molar-refractivity contribution >= 4 is 0 Å². The fraction of sp³-hybridized carbons (Fsp3) is 0.625. The molecule has 1 heterocycles. The molecular formula is C16H24F2N2O. The molecule has 1 aromatic rings. The first-order valence-electron chi connectivity index (χ1n) is 7.66. The fourth-order valence-electron chi connectivity index (χ4n) is 2.86. The van der Waals surface area contributed by atoms with Crippen LogP contribution in [0.25, 0.3) is 0 Å². The molecule has 118 valence electrons. The second-order valence-corrected chi connectivity index (χ2v) is 5.69. The van der Waals surface area contributed by atoms with Crippen LogP contribution in [-0.2, 0) is 0 Å². The number of piperidine rings is 1. The minimum atomic E-state index is -1.15. The summed E-state index contributed by atoms with van der Waals surface area (Å²) in [7, 11) is 0. The standard InChI is InChI=1S/C16H24F2N2O/c1-2-20-8-6-12(7-9-20)10-19-11-15(21)16-13(17)4-3-5-14(16)18/h3-5,12,15,19,21H,2,6-11H2,1H3. The van der Waals surface area contributed by atoms with Crippen LogP contribution >= 0.6 is 0 Å². The molecule has 0 bridgehead atoms. The Balaban J connectivity index is 1.76. The first-order chi connectivity index (χ1) is 10.1. The minimum absolute atomic E-state index is 0.172. The maximum Gasteiger partial charge on any atom is 0.131 e. The van der Waals surface area contributed by atoms with E-state index in [4.69, 9.17) is 0 Å². The molecule has 1 aliphatic heterocycles. The molecule has 1 atom stereocenters. The van der Waals surface area contributed by atoms with Crippen molar-refractivity contribution in [3.05, 3.63) is 35.4 Å². The van der Waals surface area contributed by atoms with Crippen molar-refractivity contribution in [1.82, 2.24) is 10.2 Å². The average molecular weight is 298 g/mol. The first-order valence-corrected chi connectivity index (χ1v) is 7.66. The van der Waals surface area contributed by atoms with Gasteiger partial charge in [-0.05, 0) is 57.1 Å². The van der Waals surface area contributed by atoms with Gasteiger partial charge in [0, 0.05) is 6.54 Å². The summed E-state index contributed by atoms with van der Waals surface area (Å²) in [5.41, 5.74) is -0.245. The van der Waals surface area contributed by atoms with E-state index in [1.54, 1.807) is 0 Å². The second kappa shape index (κ2) is 7.82. The van der Waals surface area contributed by atoms with Crippen LogP contribution in [0, 0.1) is 17.6 Å². The Hall–Kier alpha value is -1.04. The van der Waals surface area contributed by atoms with E-state index < -0.39 is 17.7 Å². The lowest BCUT2D eigenvalue weighted by molar-refractivity contribution is 0.154. The summed E-state index contributed by atoms with van der Waals surface area (Å²) in [5, 5.41) is 13.1. The van der Waals surface area contributed by atoms with Crippen LogP contribution < -0.4 is 5.32 Å². The van der Waals surface area contributed by atoms with Gasteiger partial charge >= 0.3 is 0 Å². The number of aliphatic hydroxyl groups excluding tert-OH is 1. The molecule has 0 aliphatic carbocycles. The van der Waals surface area contributed by atoms with Crippen molar-refractivity contribution in [3.63, 3.8) is 0 Å². The summed E-state index contributed by atoms with van der Waals surface area (Å²) in [4.78, 5) is 2.42.